The molecule has 1 saturated heterocycles. The Hall–Kier alpha value is -0.840. The third kappa shape index (κ3) is 5.27. The van der Waals surface area contributed by atoms with Gasteiger partial charge < -0.3 is 9.47 Å². The number of halogens is 1. The number of rotatable bonds is 5. The third-order valence-electron chi connectivity index (χ3n) is 3.42. The van der Waals surface area contributed by atoms with Crippen LogP contribution in [0.15, 0.2) is 24.3 Å². The average molecular weight is 316 g/mol. The zero-order valence-corrected chi connectivity index (χ0v) is 13.5. The zero-order valence-electron chi connectivity index (χ0n) is 11.8. The number of methoxy groups -OCH3 is 1. The summed E-state index contributed by atoms with van der Waals surface area (Å²) in [7, 11) is 1.66. The molecule has 3 nitrogen and oxygen atoms in total. The van der Waals surface area contributed by atoms with Crippen molar-refractivity contribution in [3.8, 4) is 5.75 Å². The summed E-state index contributed by atoms with van der Waals surface area (Å²) >= 11 is 5.29. The minimum atomic E-state index is 0. The van der Waals surface area contributed by atoms with Crippen LogP contribution in [0.25, 0.3) is 0 Å². The van der Waals surface area contributed by atoms with Crippen LogP contribution in [-0.2, 0) is 4.74 Å². The molecule has 20 heavy (non-hydrogen) atoms. The Morgan fingerprint density at radius 2 is 1.80 bits per heavy atom. The number of thiocarbonyl (C=S) groups is 1. The Kier molecular flexibility index (Phi) is 7.88. The highest BCUT2D eigenvalue weighted by atomic mass is 35.5. The van der Waals surface area contributed by atoms with Crippen LogP contribution in [-0.4, -0.2) is 43.3 Å². The Morgan fingerprint density at radius 1 is 1.15 bits per heavy atom. The van der Waals surface area contributed by atoms with E-state index in [-0.39, 0.29) is 12.4 Å². The summed E-state index contributed by atoms with van der Waals surface area (Å²) in [4.78, 5) is 2.44. The van der Waals surface area contributed by atoms with Gasteiger partial charge in [0.15, 0.2) is 5.05 Å². The van der Waals surface area contributed by atoms with Gasteiger partial charge in [0.1, 0.15) is 12.4 Å². The molecule has 1 fully saturated rings. The molecule has 112 valence electrons. The number of benzene rings is 1. The average Bonchev–Trinajstić information content (AvgIpc) is 2.48. The topological polar surface area (TPSA) is 21.7 Å². The van der Waals surface area contributed by atoms with E-state index in [9.17, 15) is 0 Å². The fourth-order valence-corrected chi connectivity index (χ4v) is 2.48. The second-order valence-electron chi connectivity index (χ2n) is 4.77. The first-order chi connectivity index (χ1) is 9.29. The molecule has 0 amide bonds. The maximum atomic E-state index is 5.65. The summed E-state index contributed by atoms with van der Waals surface area (Å²) in [6.07, 6.45) is 3.98. The number of piperidine rings is 1. The summed E-state index contributed by atoms with van der Waals surface area (Å²) in [5, 5.41) is 0.569. The van der Waals surface area contributed by atoms with E-state index in [2.05, 4.69) is 4.90 Å². The molecule has 0 bridgehead atoms. The van der Waals surface area contributed by atoms with E-state index < -0.39 is 0 Å². The lowest BCUT2D eigenvalue weighted by atomic mass is 10.1. The molecule has 5 heteroatoms. The molecule has 0 atom stereocenters. The molecule has 0 aromatic heterocycles. The van der Waals surface area contributed by atoms with Gasteiger partial charge in [-0.1, -0.05) is 6.42 Å². The van der Waals surface area contributed by atoms with Crippen molar-refractivity contribution in [2.75, 3.05) is 33.4 Å². The Morgan fingerprint density at radius 3 is 2.40 bits per heavy atom. The van der Waals surface area contributed by atoms with Gasteiger partial charge >= 0.3 is 0 Å². The molecule has 0 unspecified atom stereocenters. The molecule has 1 heterocycles. The van der Waals surface area contributed by atoms with Gasteiger partial charge in [-0.2, -0.15) is 0 Å². The van der Waals surface area contributed by atoms with Crippen molar-refractivity contribution >= 4 is 29.7 Å². The van der Waals surface area contributed by atoms with Gasteiger partial charge in [-0.05, 0) is 62.4 Å². The Bertz CT molecular complexity index is 405. The lowest BCUT2D eigenvalue weighted by Gasteiger charge is -2.26. The molecule has 1 aliphatic rings. The number of hydrogen-bond acceptors (Lipinski definition) is 4. The van der Waals surface area contributed by atoms with Gasteiger partial charge in [-0.3, -0.25) is 4.90 Å². The second-order valence-corrected chi connectivity index (χ2v) is 5.14. The van der Waals surface area contributed by atoms with Gasteiger partial charge in [-0.15, -0.1) is 12.4 Å². The van der Waals surface area contributed by atoms with Crippen molar-refractivity contribution in [1.29, 1.82) is 0 Å². The molecular formula is C15H22ClNO2S. The van der Waals surface area contributed by atoms with Crippen LogP contribution >= 0.6 is 24.6 Å². The van der Waals surface area contributed by atoms with Gasteiger partial charge in [-0.25, -0.2) is 0 Å². The van der Waals surface area contributed by atoms with Gasteiger partial charge in [0.2, 0.25) is 0 Å². The van der Waals surface area contributed by atoms with E-state index in [0.29, 0.717) is 11.7 Å². The lowest BCUT2D eigenvalue weighted by molar-refractivity contribution is 0.181. The highest BCUT2D eigenvalue weighted by Gasteiger charge is 2.10. The van der Waals surface area contributed by atoms with Crippen LogP contribution < -0.4 is 4.74 Å². The van der Waals surface area contributed by atoms with E-state index in [1.54, 1.807) is 7.11 Å². The number of nitrogens with zero attached hydrogens (tertiary/aromatic N) is 1. The van der Waals surface area contributed by atoms with Crippen molar-refractivity contribution in [2.45, 2.75) is 19.3 Å². The molecule has 0 aliphatic carbocycles. The van der Waals surface area contributed by atoms with Crippen LogP contribution in [0.2, 0.25) is 0 Å². The summed E-state index contributed by atoms with van der Waals surface area (Å²) in [6.45, 7) is 4.03. The van der Waals surface area contributed by atoms with Crippen LogP contribution in [0.5, 0.6) is 5.75 Å². The minimum absolute atomic E-state index is 0. The molecule has 1 aliphatic heterocycles. The smallest absolute Gasteiger partial charge is 0.191 e. The second kappa shape index (κ2) is 9.16. The van der Waals surface area contributed by atoms with Crippen LogP contribution in [0.1, 0.15) is 24.8 Å². The van der Waals surface area contributed by atoms with Crippen LogP contribution in [0.3, 0.4) is 0 Å². The van der Waals surface area contributed by atoms with Gasteiger partial charge in [0.25, 0.3) is 0 Å². The fourth-order valence-electron chi connectivity index (χ4n) is 2.26. The zero-order chi connectivity index (χ0) is 13.5. The van der Waals surface area contributed by atoms with E-state index in [0.717, 1.165) is 17.9 Å². The number of ether oxygens (including phenoxy) is 2. The first kappa shape index (κ1) is 17.2. The van der Waals surface area contributed by atoms with Crippen molar-refractivity contribution in [1.82, 2.24) is 4.90 Å². The van der Waals surface area contributed by atoms with Crippen molar-refractivity contribution in [3.63, 3.8) is 0 Å². The SMILES string of the molecule is COc1ccc(C(=S)OCCN2CCCCC2)cc1.Cl. The maximum Gasteiger partial charge on any atom is 0.191 e. The minimum Gasteiger partial charge on any atom is -0.497 e. The predicted molar refractivity (Wildman–Crippen MR) is 88.2 cm³/mol. The highest BCUT2D eigenvalue weighted by Crippen LogP contribution is 2.13. The summed E-state index contributed by atoms with van der Waals surface area (Å²) < 4.78 is 10.8. The predicted octanol–water partition coefficient (Wildman–Crippen LogP) is 3.30. The van der Waals surface area contributed by atoms with Gasteiger partial charge in [0, 0.05) is 12.1 Å². The molecule has 0 saturated carbocycles. The van der Waals surface area contributed by atoms with E-state index in [1.807, 2.05) is 24.3 Å². The van der Waals surface area contributed by atoms with Crippen molar-refractivity contribution in [2.24, 2.45) is 0 Å². The summed E-state index contributed by atoms with van der Waals surface area (Å²) in [5.41, 5.74) is 0.939. The maximum absolute atomic E-state index is 5.65. The largest absolute Gasteiger partial charge is 0.497 e. The van der Waals surface area contributed by atoms with Crippen LogP contribution in [0, 0.1) is 0 Å². The summed E-state index contributed by atoms with van der Waals surface area (Å²) in [6, 6.07) is 7.66. The Labute approximate surface area is 132 Å². The third-order valence-corrected chi connectivity index (χ3v) is 3.77. The highest BCUT2D eigenvalue weighted by molar-refractivity contribution is 7.80. The number of likely N-dealkylation sites (tertiary alicyclic amines) is 1. The normalized spacial score (nSPS) is 15.2. The molecule has 1 aromatic carbocycles. The van der Waals surface area contributed by atoms with E-state index >= 15 is 0 Å². The fraction of sp³-hybridized carbons (Fsp3) is 0.533. The molecular weight excluding hydrogens is 294 g/mol. The molecule has 2 rings (SSSR count). The Balaban J connectivity index is 0.00000200. The standard InChI is InChI=1S/C15H21NO2S.ClH/c1-17-14-7-5-13(6-8-14)15(19)18-12-11-16-9-3-2-4-10-16;/h5-8H,2-4,9-12H2,1H3;1H. The quantitative estimate of drug-likeness (QED) is 0.777. The molecule has 0 radical (unpaired) electrons. The van der Waals surface area contributed by atoms with Crippen molar-refractivity contribution in [3.05, 3.63) is 29.8 Å². The number of hydrogen-bond donors (Lipinski definition) is 0. The first-order valence-corrected chi connectivity index (χ1v) is 7.24. The monoisotopic (exact) mass is 315 g/mol. The van der Waals surface area contributed by atoms with Gasteiger partial charge in [0.05, 0.1) is 7.11 Å². The molecule has 1 aromatic rings. The van der Waals surface area contributed by atoms with E-state index in [1.165, 1.54) is 32.4 Å². The van der Waals surface area contributed by atoms with Crippen LogP contribution in [0.4, 0.5) is 0 Å². The van der Waals surface area contributed by atoms with Crippen molar-refractivity contribution < 1.29 is 9.47 Å². The summed E-state index contributed by atoms with van der Waals surface area (Å²) in [5.74, 6) is 0.833. The first-order valence-electron chi connectivity index (χ1n) is 6.83. The molecule has 0 N–H and O–H groups in total. The lowest BCUT2D eigenvalue weighted by Crippen LogP contribution is -2.33. The molecule has 0 spiro atoms. The van der Waals surface area contributed by atoms with E-state index in [4.69, 9.17) is 21.7 Å².